The van der Waals surface area contributed by atoms with Crippen LogP contribution in [0.15, 0.2) is 27.9 Å². The Bertz CT molecular complexity index is 482. The van der Waals surface area contributed by atoms with Gasteiger partial charge in [0, 0.05) is 25.0 Å². The molecule has 0 saturated carbocycles. The van der Waals surface area contributed by atoms with E-state index in [0.29, 0.717) is 13.1 Å². The average molecular weight is 306 g/mol. The van der Waals surface area contributed by atoms with Gasteiger partial charge in [-0.2, -0.15) is 0 Å². The summed E-state index contributed by atoms with van der Waals surface area (Å²) in [5, 5.41) is 0. The van der Waals surface area contributed by atoms with Gasteiger partial charge in [0.25, 0.3) is 0 Å². The fourth-order valence-electron chi connectivity index (χ4n) is 2.18. The van der Waals surface area contributed by atoms with Crippen LogP contribution in [-0.4, -0.2) is 35.9 Å². The lowest BCUT2D eigenvalue weighted by Crippen LogP contribution is -2.40. The van der Waals surface area contributed by atoms with Crippen LogP contribution in [-0.2, 0) is 4.74 Å². The minimum atomic E-state index is -0.447. The zero-order chi connectivity index (χ0) is 16.8. The van der Waals surface area contributed by atoms with Gasteiger partial charge in [-0.25, -0.2) is 4.79 Å². The zero-order valence-corrected chi connectivity index (χ0v) is 14.9. The summed E-state index contributed by atoms with van der Waals surface area (Å²) in [6, 6.07) is 0. The monoisotopic (exact) mass is 306 g/mol. The molecule has 0 saturated heterocycles. The zero-order valence-electron chi connectivity index (χ0n) is 14.9. The van der Waals surface area contributed by atoms with E-state index < -0.39 is 5.60 Å². The molecule has 0 fully saturated rings. The van der Waals surface area contributed by atoms with Gasteiger partial charge in [-0.3, -0.25) is 4.99 Å². The predicted molar refractivity (Wildman–Crippen MR) is 92.3 cm³/mol. The molecule has 0 aromatic heterocycles. The molecule has 0 aliphatic carbocycles. The number of carbonyl (C=O) groups is 1. The van der Waals surface area contributed by atoms with Gasteiger partial charge in [-0.05, 0) is 58.6 Å². The molecule has 0 N–H and O–H groups in total. The molecule has 0 spiro atoms. The largest absolute Gasteiger partial charge is 0.444 e. The maximum atomic E-state index is 12.1. The smallest absolute Gasteiger partial charge is 0.410 e. The van der Waals surface area contributed by atoms with Crippen molar-refractivity contribution < 1.29 is 9.53 Å². The van der Waals surface area contributed by atoms with Gasteiger partial charge in [-0.1, -0.05) is 19.4 Å². The summed E-state index contributed by atoms with van der Waals surface area (Å²) in [5.41, 5.74) is 3.02. The summed E-state index contributed by atoms with van der Waals surface area (Å²) in [6.07, 6.45) is 6.90. The number of allylic oxidation sites excluding steroid dienone is 2. The third kappa shape index (κ3) is 6.46. The van der Waals surface area contributed by atoms with Crippen molar-refractivity contribution in [3.8, 4) is 0 Å². The fourth-order valence-corrected chi connectivity index (χ4v) is 2.18. The van der Waals surface area contributed by atoms with E-state index >= 15 is 0 Å². The lowest BCUT2D eigenvalue weighted by atomic mass is 10.0. The van der Waals surface area contributed by atoms with Crippen molar-refractivity contribution >= 4 is 12.3 Å². The summed E-state index contributed by atoms with van der Waals surface area (Å²) in [5.74, 6) is 0. The molecular weight excluding hydrogens is 276 g/mol. The quantitative estimate of drug-likeness (QED) is 0.705. The van der Waals surface area contributed by atoms with Gasteiger partial charge in [0.1, 0.15) is 5.60 Å². The number of hydrogen-bond donors (Lipinski definition) is 0. The molecule has 4 nitrogen and oxygen atoms in total. The summed E-state index contributed by atoms with van der Waals surface area (Å²) in [6.45, 7) is 13.2. The third-order valence-corrected chi connectivity index (χ3v) is 3.43. The summed E-state index contributed by atoms with van der Waals surface area (Å²) in [4.78, 5) is 18.4. The molecule has 1 aliphatic heterocycles. The van der Waals surface area contributed by atoms with E-state index in [-0.39, 0.29) is 6.09 Å². The van der Waals surface area contributed by atoms with Gasteiger partial charge in [0.05, 0.1) is 0 Å². The number of rotatable bonds is 4. The van der Waals surface area contributed by atoms with E-state index in [9.17, 15) is 4.79 Å². The second-order valence-corrected chi connectivity index (χ2v) is 6.85. The number of nitrogens with zero attached hydrogens (tertiary/aromatic N) is 2. The minimum absolute atomic E-state index is 0.234. The molecule has 0 atom stereocenters. The molecule has 4 heteroatoms. The van der Waals surface area contributed by atoms with Crippen LogP contribution in [0.2, 0.25) is 0 Å². The molecule has 0 radical (unpaired) electrons. The Morgan fingerprint density at radius 3 is 2.64 bits per heavy atom. The second kappa shape index (κ2) is 8.16. The molecule has 1 aliphatic rings. The van der Waals surface area contributed by atoms with E-state index in [1.165, 1.54) is 11.1 Å². The lowest BCUT2D eigenvalue weighted by Gasteiger charge is -2.31. The molecule has 0 aromatic carbocycles. The van der Waals surface area contributed by atoms with Crippen molar-refractivity contribution in [2.75, 3.05) is 13.1 Å². The SMILES string of the molecule is CCC/C=C(\C)N=CC1=C(C)CN(C(=O)OC(C)(C)C)CC1. The molecule has 124 valence electrons. The highest BCUT2D eigenvalue weighted by atomic mass is 16.6. The van der Waals surface area contributed by atoms with Crippen molar-refractivity contribution in [3.05, 3.63) is 22.9 Å². The first-order chi connectivity index (χ1) is 10.2. The predicted octanol–water partition coefficient (Wildman–Crippen LogP) is 4.72. The van der Waals surface area contributed by atoms with Gasteiger partial charge >= 0.3 is 6.09 Å². The molecule has 1 rings (SSSR count). The number of unbranched alkanes of at least 4 members (excludes halogenated alkanes) is 1. The van der Waals surface area contributed by atoms with Crippen LogP contribution in [0, 0.1) is 0 Å². The van der Waals surface area contributed by atoms with Crippen LogP contribution in [0.25, 0.3) is 0 Å². The highest BCUT2D eigenvalue weighted by Crippen LogP contribution is 2.19. The molecule has 0 bridgehead atoms. The second-order valence-electron chi connectivity index (χ2n) is 6.85. The van der Waals surface area contributed by atoms with Crippen molar-refractivity contribution in [1.82, 2.24) is 4.90 Å². The van der Waals surface area contributed by atoms with E-state index in [2.05, 4.69) is 24.9 Å². The van der Waals surface area contributed by atoms with Crippen LogP contribution in [0.1, 0.15) is 60.8 Å². The number of carbonyl (C=O) groups excluding carboxylic acids is 1. The molecule has 22 heavy (non-hydrogen) atoms. The Balaban J connectivity index is 2.66. The molecule has 1 amide bonds. The highest BCUT2D eigenvalue weighted by Gasteiger charge is 2.25. The normalized spacial score (nSPS) is 17.4. The third-order valence-electron chi connectivity index (χ3n) is 3.43. The van der Waals surface area contributed by atoms with Crippen molar-refractivity contribution in [2.45, 2.75) is 66.4 Å². The fraction of sp³-hybridized carbons (Fsp3) is 0.667. The minimum Gasteiger partial charge on any atom is -0.444 e. The molecular formula is C18H30N2O2. The highest BCUT2D eigenvalue weighted by molar-refractivity contribution is 5.81. The topological polar surface area (TPSA) is 41.9 Å². The number of amides is 1. The van der Waals surface area contributed by atoms with Gasteiger partial charge in [-0.15, -0.1) is 0 Å². The first kappa shape index (κ1) is 18.5. The van der Waals surface area contributed by atoms with Gasteiger partial charge in [0.15, 0.2) is 0 Å². The lowest BCUT2D eigenvalue weighted by molar-refractivity contribution is 0.0261. The van der Waals surface area contributed by atoms with E-state index in [4.69, 9.17) is 4.74 Å². The summed E-state index contributed by atoms with van der Waals surface area (Å²) in [7, 11) is 0. The van der Waals surface area contributed by atoms with Crippen LogP contribution >= 0.6 is 0 Å². The van der Waals surface area contributed by atoms with Crippen molar-refractivity contribution in [1.29, 1.82) is 0 Å². The van der Waals surface area contributed by atoms with E-state index in [0.717, 1.165) is 25.0 Å². The molecule has 0 aromatic rings. The van der Waals surface area contributed by atoms with Crippen molar-refractivity contribution in [3.63, 3.8) is 0 Å². The maximum Gasteiger partial charge on any atom is 0.410 e. The maximum absolute atomic E-state index is 12.1. The Morgan fingerprint density at radius 2 is 2.09 bits per heavy atom. The molecule has 1 heterocycles. The number of hydrogen-bond acceptors (Lipinski definition) is 3. The standard InChI is InChI=1S/C18H30N2O2/c1-7-8-9-15(3)19-12-16-10-11-20(13-14(16)2)17(21)22-18(4,5)6/h9,12H,7-8,10-11,13H2,1-6H3/b15-9+,19-12?. The van der Waals surface area contributed by atoms with Gasteiger partial charge < -0.3 is 9.64 Å². The van der Waals surface area contributed by atoms with Gasteiger partial charge in [0.2, 0.25) is 0 Å². The Labute approximate surface area is 134 Å². The van der Waals surface area contributed by atoms with Crippen LogP contribution in [0.5, 0.6) is 0 Å². The van der Waals surface area contributed by atoms with Crippen molar-refractivity contribution in [2.24, 2.45) is 4.99 Å². The number of aliphatic imine (C=N–C) groups is 1. The van der Waals surface area contributed by atoms with E-state index in [1.807, 2.05) is 33.9 Å². The van der Waals surface area contributed by atoms with Crippen LogP contribution in [0.3, 0.4) is 0 Å². The molecule has 0 unspecified atom stereocenters. The Kier molecular flexibility index (Phi) is 6.85. The first-order valence-corrected chi connectivity index (χ1v) is 8.10. The first-order valence-electron chi connectivity index (χ1n) is 8.10. The summed E-state index contributed by atoms with van der Waals surface area (Å²) < 4.78 is 5.42. The summed E-state index contributed by atoms with van der Waals surface area (Å²) >= 11 is 0. The Morgan fingerprint density at radius 1 is 1.41 bits per heavy atom. The average Bonchev–Trinajstić information content (AvgIpc) is 2.41. The van der Waals surface area contributed by atoms with E-state index in [1.54, 1.807) is 4.90 Å². The van der Waals surface area contributed by atoms with Crippen LogP contribution < -0.4 is 0 Å². The Hall–Kier alpha value is -1.58. The van der Waals surface area contributed by atoms with Crippen LogP contribution in [0.4, 0.5) is 4.79 Å². The number of ether oxygens (including phenoxy) is 1.